The molecule has 0 amide bonds. The molecule has 2 atom stereocenters. The van der Waals surface area contributed by atoms with E-state index >= 15 is 0 Å². The summed E-state index contributed by atoms with van der Waals surface area (Å²) in [4.78, 5) is 5.47. The minimum absolute atomic E-state index is 0.571. The third-order valence-corrected chi connectivity index (χ3v) is 6.78. The van der Waals surface area contributed by atoms with E-state index in [2.05, 4.69) is 46.2 Å². The highest BCUT2D eigenvalue weighted by molar-refractivity contribution is 6.30. The zero-order valence-corrected chi connectivity index (χ0v) is 14.7. The van der Waals surface area contributed by atoms with Crippen LogP contribution in [-0.2, 0) is 6.54 Å². The lowest BCUT2D eigenvalue weighted by Crippen LogP contribution is -2.79. The average molecular weight is 339 g/mol. The predicted octanol–water partition coefficient (Wildman–Crippen LogP) is 4.43. The molecule has 2 aromatic rings. The molecule has 124 valence electrons. The molecule has 0 bridgehead atoms. The number of halogens is 1. The molecule has 1 saturated carbocycles. The van der Waals surface area contributed by atoms with Gasteiger partial charge >= 0.3 is 0 Å². The largest absolute Gasteiger partial charge is 0.295 e. The van der Waals surface area contributed by atoms with Crippen molar-refractivity contribution in [1.82, 2.24) is 9.80 Å². The van der Waals surface area contributed by atoms with Crippen molar-refractivity contribution in [2.24, 2.45) is 0 Å². The van der Waals surface area contributed by atoms with Gasteiger partial charge < -0.3 is 0 Å². The van der Waals surface area contributed by atoms with Crippen molar-refractivity contribution in [3.05, 3.63) is 59.1 Å². The van der Waals surface area contributed by atoms with Crippen molar-refractivity contribution in [1.29, 1.82) is 0 Å². The van der Waals surface area contributed by atoms with E-state index in [-0.39, 0.29) is 0 Å². The molecule has 1 aliphatic carbocycles. The van der Waals surface area contributed by atoms with Crippen LogP contribution in [0.15, 0.2) is 48.5 Å². The molecule has 2 unspecified atom stereocenters. The van der Waals surface area contributed by atoms with Gasteiger partial charge in [0, 0.05) is 42.8 Å². The summed E-state index contributed by atoms with van der Waals surface area (Å²) in [7, 11) is 0. The van der Waals surface area contributed by atoms with E-state index in [1.165, 1.54) is 55.6 Å². The van der Waals surface area contributed by atoms with E-state index in [0.717, 1.165) is 17.6 Å². The molecular formula is C21H23ClN2. The fraction of sp³-hybridized carbons (Fsp3) is 0.429. The van der Waals surface area contributed by atoms with Crippen LogP contribution < -0.4 is 0 Å². The van der Waals surface area contributed by atoms with Crippen LogP contribution in [0, 0.1) is 0 Å². The first-order valence-corrected chi connectivity index (χ1v) is 9.46. The van der Waals surface area contributed by atoms with Gasteiger partial charge in [-0.3, -0.25) is 9.80 Å². The van der Waals surface area contributed by atoms with Gasteiger partial charge in [0.15, 0.2) is 0 Å². The van der Waals surface area contributed by atoms with Crippen molar-refractivity contribution in [3.63, 3.8) is 0 Å². The second-order valence-corrected chi connectivity index (χ2v) is 8.01. The summed E-state index contributed by atoms with van der Waals surface area (Å²) in [6, 6.07) is 18.0. The van der Waals surface area contributed by atoms with Crippen LogP contribution in [0.25, 0.3) is 11.1 Å². The molecule has 2 heterocycles. The number of hydrogen-bond acceptors (Lipinski definition) is 2. The van der Waals surface area contributed by atoms with Crippen molar-refractivity contribution in [3.8, 4) is 11.1 Å². The van der Waals surface area contributed by atoms with Crippen molar-refractivity contribution < 1.29 is 0 Å². The lowest BCUT2D eigenvalue weighted by atomic mass is 9.61. The number of piperazine rings is 1. The Bertz CT molecular complexity index is 735. The lowest BCUT2D eigenvalue weighted by molar-refractivity contribution is -0.176. The zero-order chi connectivity index (χ0) is 16.1. The fourth-order valence-corrected chi connectivity index (χ4v) is 5.08. The molecule has 3 heteroatoms. The molecule has 3 aliphatic rings. The Hall–Kier alpha value is -1.35. The summed E-state index contributed by atoms with van der Waals surface area (Å²) in [6.07, 6.45) is 4.23. The summed E-state index contributed by atoms with van der Waals surface area (Å²) in [5.41, 5.74) is 4.50. The van der Waals surface area contributed by atoms with Gasteiger partial charge in [-0.2, -0.15) is 0 Å². The molecule has 0 radical (unpaired) electrons. The van der Waals surface area contributed by atoms with Gasteiger partial charge in [0.1, 0.15) is 0 Å². The molecule has 2 aliphatic heterocycles. The molecule has 2 aromatic carbocycles. The van der Waals surface area contributed by atoms with E-state index in [1.54, 1.807) is 0 Å². The third-order valence-electron chi connectivity index (χ3n) is 6.53. The van der Waals surface area contributed by atoms with Gasteiger partial charge in [-0.05, 0) is 48.1 Å². The van der Waals surface area contributed by atoms with Gasteiger partial charge in [-0.25, -0.2) is 0 Å². The van der Waals surface area contributed by atoms with Crippen LogP contribution >= 0.6 is 11.6 Å². The second kappa shape index (κ2) is 5.59. The molecule has 1 spiro atoms. The maximum absolute atomic E-state index is 5.98. The Kier molecular flexibility index (Phi) is 3.48. The highest BCUT2D eigenvalue weighted by Crippen LogP contribution is 2.51. The standard InChI is InChI=1S/C21H23ClN2/c22-19-7-5-18(6-8-19)17-3-1-16(2-4-17)15-23-13-14-24-12-11-21(24)10-9-20(21)23/h1-8,20H,9-15H2. The molecular weight excluding hydrogens is 316 g/mol. The number of benzene rings is 2. The highest BCUT2D eigenvalue weighted by atomic mass is 35.5. The van der Waals surface area contributed by atoms with Crippen LogP contribution in [0.2, 0.25) is 5.02 Å². The molecule has 0 N–H and O–H groups in total. The highest BCUT2D eigenvalue weighted by Gasteiger charge is 2.59. The Morgan fingerprint density at radius 2 is 1.58 bits per heavy atom. The normalized spacial score (nSPS) is 29.3. The fourth-order valence-electron chi connectivity index (χ4n) is 4.95. The summed E-state index contributed by atoms with van der Waals surface area (Å²) in [5.74, 6) is 0. The predicted molar refractivity (Wildman–Crippen MR) is 99.2 cm³/mol. The second-order valence-electron chi connectivity index (χ2n) is 7.57. The summed E-state index contributed by atoms with van der Waals surface area (Å²) < 4.78 is 0. The quantitative estimate of drug-likeness (QED) is 0.817. The van der Waals surface area contributed by atoms with Crippen LogP contribution in [0.5, 0.6) is 0 Å². The zero-order valence-electron chi connectivity index (χ0n) is 13.9. The SMILES string of the molecule is Clc1ccc(-c2ccc(CN3CCN4CCC45CCC35)cc2)cc1. The van der Waals surface area contributed by atoms with Gasteiger partial charge in [-0.1, -0.05) is 48.0 Å². The van der Waals surface area contributed by atoms with Crippen LogP contribution in [-0.4, -0.2) is 41.0 Å². The molecule has 2 nitrogen and oxygen atoms in total. The summed E-state index contributed by atoms with van der Waals surface area (Å²) in [5, 5.41) is 0.792. The van der Waals surface area contributed by atoms with E-state index < -0.39 is 0 Å². The monoisotopic (exact) mass is 338 g/mol. The van der Waals surface area contributed by atoms with Crippen LogP contribution in [0.1, 0.15) is 24.8 Å². The molecule has 2 saturated heterocycles. The Morgan fingerprint density at radius 1 is 0.875 bits per heavy atom. The summed E-state index contributed by atoms with van der Waals surface area (Å²) >= 11 is 5.98. The minimum atomic E-state index is 0.571. The third kappa shape index (κ3) is 2.24. The van der Waals surface area contributed by atoms with E-state index in [9.17, 15) is 0 Å². The Morgan fingerprint density at radius 3 is 2.17 bits per heavy atom. The van der Waals surface area contributed by atoms with Gasteiger partial charge in [0.05, 0.1) is 0 Å². The molecule has 5 rings (SSSR count). The topological polar surface area (TPSA) is 6.48 Å². The maximum atomic E-state index is 5.98. The van der Waals surface area contributed by atoms with E-state index in [0.29, 0.717) is 5.54 Å². The van der Waals surface area contributed by atoms with Gasteiger partial charge in [-0.15, -0.1) is 0 Å². The first-order valence-electron chi connectivity index (χ1n) is 9.09. The van der Waals surface area contributed by atoms with Crippen LogP contribution in [0.3, 0.4) is 0 Å². The minimum Gasteiger partial charge on any atom is -0.295 e. The Balaban J connectivity index is 1.30. The first kappa shape index (κ1) is 14.9. The molecule has 24 heavy (non-hydrogen) atoms. The van der Waals surface area contributed by atoms with Crippen molar-refractivity contribution >= 4 is 11.6 Å². The van der Waals surface area contributed by atoms with E-state index in [1.807, 2.05) is 12.1 Å². The molecule has 0 aromatic heterocycles. The smallest absolute Gasteiger partial charge is 0.0406 e. The van der Waals surface area contributed by atoms with Crippen molar-refractivity contribution in [2.75, 3.05) is 19.6 Å². The number of rotatable bonds is 3. The number of nitrogens with zero attached hydrogens (tertiary/aromatic N) is 2. The maximum Gasteiger partial charge on any atom is 0.0406 e. The lowest BCUT2D eigenvalue weighted by Gasteiger charge is -2.69. The Labute approximate surface area is 149 Å². The van der Waals surface area contributed by atoms with Gasteiger partial charge in [0.2, 0.25) is 0 Å². The van der Waals surface area contributed by atoms with Crippen molar-refractivity contribution in [2.45, 2.75) is 37.4 Å². The van der Waals surface area contributed by atoms with Crippen LogP contribution in [0.4, 0.5) is 0 Å². The van der Waals surface area contributed by atoms with E-state index in [4.69, 9.17) is 11.6 Å². The average Bonchev–Trinajstić information content (AvgIpc) is 2.53. The van der Waals surface area contributed by atoms with Gasteiger partial charge in [0.25, 0.3) is 0 Å². The molecule has 3 fully saturated rings. The summed E-state index contributed by atoms with van der Waals surface area (Å²) in [6.45, 7) is 4.92. The first-order chi connectivity index (χ1) is 11.7. The number of hydrogen-bond donors (Lipinski definition) is 0.